The minimum atomic E-state index is -0.500. The van der Waals surface area contributed by atoms with Gasteiger partial charge in [-0.25, -0.2) is 9.18 Å². The molecule has 1 aliphatic rings. The van der Waals surface area contributed by atoms with Gasteiger partial charge in [-0.05, 0) is 64.7 Å². The van der Waals surface area contributed by atoms with Crippen LogP contribution in [0.1, 0.15) is 58.6 Å². The first kappa shape index (κ1) is 17.7. The summed E-state index contributed by atoms with van der Waals surface area (Å²) in [4.78, 5) is 11.9. The molecule has 1 saturated carbocycles. The lowest BCUT2D eigenvalue weighted by atomic mass is 10.1. The molecule has 4 nitrogen and oxygen atoms in total. The molecule has 3 unspecified atom stereocenters. The van der Waals surface area contributed by atoms with Gasteiger partial charge in [0, 0.05) is 18.1 Å². The van der Waals surface area contributed by atoms with Crippen LogP contribution in [0.2, 0.25) is 0 Å². The number of ether oxygens (including phenoxy) is 1. The third kappa shape index (κ3) is 5.50. The molecule has 0 aliphatic heterocycles. The predicted octanol–water partition coefficient (Wildman–Crippen LogP) is 3.92. The molecular weight excluding hydrogens is 295 g/mol. The molecule has 3 atom stereocenters. The molecule has 0 aromatic heterocycles. The van der Waals surface area contributed by atoms with E-state index >= 15 is 0 Å². The van der Waals surface area contributed by atoms with E-state index in [1.165, 1.54) is 6.07 Å². The summed E-state index contributed by atoms with van der Waals surface area (Å²) in [5, 5.41) is 6.46. The number of rotatable bonds is 4. The minimum absolute atomic E-state index is 0.0248. The lowest BCUT2D eigenvalue weighted by Crippen LogP contribution is -2.48. The van der Waals surface area contributed by atoms with Gasteiger partial charge in [0.1, 0.15) is 11.4 Å². The van der Waals surface area contributed by atoms with Crippen LogP contribution in [-0.2, 0) is 4.74 Å². The highest BCUT2D eigenvalue weighted by atomic mass is 19.1. The molecular formula is C18H27FN2O2. The lowest BCUT2D eigenvalue weighted by molar-refractivity contribution is 0.0497. The summed E-state index contributed by atoms with van der Waals surface area (Å²) < 4.78 is 18.7. The number of carbonyl (C=O) groups excluding carboxylic acids is 1. The van der Waals surface area contributed by atoms with Gasteiger partial charge in [0.25, 0.3) is 0 Å². The second-order valence-electron chi connectivity index (χ2n) is 7.23. The molecule has 1 fully saturated rings. The normalized spacial score (nSPS) is 22.7. The molecule has 0 radical (unpaired) electrons. The molecule has 2 rings (SSSR count). The van der Waals surface area contributed by atoms with E-state index in [4.69, 9.17) is 4.74 Å². The van der Waals surface area contributed by atoms with Crippen molar-refractivity contribution in [3.63, 3.8) is 0 Å². The third-order valence-corrected chi connectivity index (χ3v) is 4.03. The lowest BCUT2D eigenvalue weighted by Gasteiger charge is -2.27. The van der Waals surface area contributed by atoms with Gasteiger partial charge in [0.2, 0.25) is 0 Å². The van der Waals surface area contributed by atoms with Gasteiger partial charge in [-0.1, -0.05) is 12.1 Å². The Morgan fingerprint density at radius 2 is 2.00 bits per heavy atom. The van der Waals surface area contributed by atoms with Crippen LogP contribution in [0, 0.1) is 5.82 Å². The molecule has 1 amide bonds. The summed E-state index contributed by atoms with van der Waals surface area (Å²) in [6, 6.07) is 6.85. The van der Waals surface area contributed by atoms with E-state index in [1.54, 1.807) is 12.1 Å². The maximum Gasteiger partial charge on any atom is 0.407 e. The van der Waals surface area contributed by atoms with Crippen LogP contribution >= 0.6 is 0 Å². The Morgan fingerprint density at radius 1 is 1.30 bits per heavy atom. The Kier molecular flexibility index (Phi) is 5.63. The van der Waals surface area contributed by atoms with Crippen LogP contribution in [0.15, 0.2) is 24.3 Å². The number of hydrogen-bond acceptors (Lipinski definition) is 3. The SMILES string of the molecule is CC(NC1CCCC1NC(=O)OC(C)(C)C)c1cccc(F)c1. The maximum atomic E-state index is 13.3. The van der Waals surface area contributed by atoms with Gasteiger partial charge < -0.3 is 15.4 Å². The summed E-state index contributed by atoms with van der Waals surface area (Å²) in [5.74, 6) is -0.231. The van der Waals surface area contributed by atoms with Crippen molar-refractivity contribution in [2.75, 3.05) is 0 Å². The molecule has 0 bridgehead atoms. The van der Waals surface area contributed by atoms with Gasteiger partial charge >= 0.3 is 6.09 Å². The first-order valence-electron chi connectivity index (χ1n) is 8.25. The fourth-order valence-electron chi connectivity index (χ4n) is 2.98. The fourth-order valence-corrected chi connectivity index (χ4v) is 2.98. The first-order chi connectivity index (χ1) is 10.7. The summed E-state index contributed by atoms with van der Waals surface area (Å²) in [7, 11) is 0. The van der Waals surface area contributed by atoms with Crippen LogP contribution in [0.5, 0.6) is 0 Å². The highest BCUT2D eigenvalue weighted by Gasteiger charge is 2.31. The molecule has 23 heavy (non-hydrogen) atoms. The predicted molar refractivity (Wildman–Crippen MR) is 88.7 cm³/mol. The largest absolute Gasteiger partial charge is 0.444 e. The zero-order chi connectivity index (χ0) is 17.0. The standard InChI is InChI=1S/C18H27FN2O2/c1-12(13-7-5-8-14(19)11-13)20-15-9-6-10-16(15)21-17(22)23-18(2,3)4/h5,7-8,11-12,15-16,20H,6,9-10H2,1-4H3,(H,21,22). The Balaban J connectivity index is 1.92. The van der Waals surface area contributed by atoms with Crippen molar-refractivity contribution in [3.8, 4) is 0 Å². The highest BCUT2D eigenvalue weighted by Crippen LogP contribution is 2.23. The van der Waals surface area contributed by atoms with Gasteiger partial charge in [-0.2, -0.15) is 0 Å². The second-order valence-corrected chi connectivity index (χ2v) is 7.23. The van der Waals surface area contributed by atoms with Crippen LogP contribution < -0.4 is 10.6 Å². The molecule has 1 aromatic rings. The third-order valence-electron chi connectivity index (χ3n) is 4.03. The van der Waals surface area contributed by atoms with E-state index in [1.807, 2.05) is 33.8 Å². The van der Waals surface area contributed by atoms with Crippen molar-refractivity contribution in [1.82, 2.24) is 10.6 Å². The molecule has 1 aromatic carbocycles. The van der Waals surface area contributed by atoms with Crippen molar-refractivity contribution in [2.45, 2.75) is 70.7 Å². The molecule has 1 aliphatic carbocycles. The fraction of sp³-hybridized carbons (Fsp3) is 0.611. The first-order valence-corrected chi connectivity index (χ1v) is 8.25. The van der Waals surface area contributed by atoms with Crippen molar-refractivity contribution in [2.24, 2.45) is 0 Å². The van der Waals surface area contributed by atoms with Crippen LogP contribution in [0.25, 0.3) is 0 Å². The number of amides is 1. The van der Waals surface area contributed by atoms with Crippen LogP contribution in [0.3, 0.4) is 0 Å². The Bertz CT molecular complexity index is 542. The molecule has 0 heterocycles. The zero-order valence-electron chi connectivity index (χ0n) is 14.4. The summed E-state index contributed by atoms with van der Waals surface area (Å²) in [6.45, 7) is 7.56. The van der Waals surface area contributed by atoms with Crippen LogP contribution in [0.4, 0.5) is 9.18 Å². The number of carbonyl (C=O) groups is 1. The van der Waals surface area contributed by atoms with E-state index in [-0.39, 0.29) is 30.0 Å². The highest BCUT2D eigenvalue weighted by molar-refractivity contribution is 5.68. The number of nitrogens with one attached hydrogen (secondary N) is 2. The quantitative estimate of drug-likeness (QED) is 0.883. The van der Waals surface area contributed by atoms with Crippen molar-refractivity contribution in [1.29, 1.82) is 0 Å². The van der Waals surface area contributed by atoms with Crippen LogP contribution in [-0.4, -0.2) is 23.8 Å². The van der Waals surface area contributed by atoms with E-state index in [2.05, 4.69) is 10.6 Å². The van der Waals surface area contributed by atoms with Crippen molar-refractivity contribution < 1.29 is 13.9 Å². The summed E-state index contributed by atoms with van der Waals surface area (Å²) >= 11 is 0. The number of alkyl carbamates (subject to hydrolysis) is 1. The van der Waals surface area contributed by atoms with E-state index in [9.17, 15) is 9.18 Å². The van der Waals surface area contributed by atoms with Gasteiger partial charge in [0.15, 0.2) is 0 Å². The van der Waals surface area contributed by atoms with Crippen molar-refractivity contribution >= 4 is 6.09 Å². The Hall–Kier alpha value is -1.62. The maximum absolute atomic E-state index is 13.3. The average molecular weight is 322 g/mol. The number of halogens is 1. The Morgan fingerprint density at radius 3 is 2.65 bits per heavy atom. The number of hydrogen-bond donors (Lipinski definition) is 2. The molecule has 0 spiro atoms. The number of benzene rings is 1. The van der Waals surface area contributed by atoms with Crippen molar-refractivity contribution in [3.05, 3.63) is 35.6 Å². The summed E-state index contributed by atoms with van der Waals surface area (Å²) in [5.41, 5.74) is 0.411. The Labute approximate surface area is 137 Å². The van der Waals surface area contributed by atoms with Gasteiger partial charge in [-0.3, -0.25) is 0 Å². The van der Waals surface area contributed by atoms with E-state index in [0.717, 1.165) is 24.8 Å². The second kappa shape index (κ2) is 7.30. The molecule has 5 heteroatoms. The average Bonchev–Trinajstić information content (AvgIpc) is 2.83. The molecule has 0 saturated heterocycles. The monoisotopic (exact) mass is 322 g/mol. The van der Waals surface area contributed by atoms with E-state index in [0.29, 0.717) is 0 Å². The van der Waals surface area contributed by atoms with E-state index < -0.39 is 5.60 Å². The topological polar surface area (TPSA) is 50.4 Å². The zero-order valence-corrected chi connectivity index (χ0v) is 14.4. The summed E-state index contributed by atoms with van der Waals surface area (Å²) in [6.07, 6.45) is 2.58. The smallest absolute Gasteiger partial charge is 0.407 e. The molecule has 2 N–H and O–H groups in total. The molecule has 128 valence electrons. The van der Waals surface area contributed by atoms with Gasteiger partial charge in [-0.15, -0.1) is 0 Å². The van der Waals surface area contributed by atoms with Gasteiger partial charge in [0.05, 0.1) is 0 Å². The minimum Gasteiger partial charge on any atom is -0.444 e.